The van der Waals surface area contributed by atoms with Gasteiger partial charge >= 0.3 is 7.82 Å². The lowest BCUT2D eigenvalue weighted by molar-refractivity contribution is -0.139. The number of nitrogens with zero attached hydrogens (tertiary/aromatic N) is 2. The first-order valence-electron chi connectivity index (χ1n) is 18.6. The Morgan fingerprint density at radius 2 is 1.61 bits per heavy atom. The van der Waals surface area contributed by atoms with Crippen molar-refractivity contribution in [3.63, 3.8) is 0 Å². The van der Waals surface area contributed by atoms with Gasteiger partial charge in [0.05, 0.1) is 25.1 Å². The molecule has 1 saturated heterocycles. The molecule has 2 heterocycles. The zero-order valence-corrected chi connectivity index (χ0v) is 33.4. The van der Waals surface area contributed by atoms with E-state index >= 15 is 0 Å². The fraction of sp³-hybridized carbons (Fsp3) is 0.583. The number of nitrogens with two attached hydrogens (primary N) is 1. The van der Waals surface area contributed by atoms with Gasteiger partial charge in [-0.15, -0.1) is 0 Å². The number of imidazole rings is 1. The number of phosphoric acid groups is 1. The molecule has 316 valence electrons. The molecule has 10 N–H and O–H groups in total. The topological polar surface area (TPSA) is 305 Å². The molecular weight excluding hydrogens is 767 g/mol. The predicted octanol–water partition coefficient (Wildman–Crippen LogP) is -1.06. The molecule has 0 bridgehead atoms. The van der Waals surface area contributed by atoms with Gasteiger partial charge in [0.2, 0.25) is 35.4 Å². The van der Waals surface area contributed by atoms with Crippen LogP contribution < -0.4 is 27.0 Å². The Hall–Kier alpha value is -4.72. The third-order valence-electron chi connectivity index (χ3n) is 9.17. The van der Waals surface area contributed by atoms with Crippen LogP contribution in [0.4, 0.5) is 0 Å². The largest absolute Gasteiger partial charge is 0.469 e. The van der Waals surface area contributed by atoms with E-state index < -0.39 is 86.4 Å². The summed E-state index contributed by atoms with van der Waals surface area (Å²) in [5, 5.41) is 19.8. The highest BCUT2D eigenvalue weighted by Gasteiger charge is 2.41. The lowest BCUT2D eigenvalue weighted by Gasteiger charge is -2.28. The molecule has 20 nitrogen and oxygen atoms in total. The normalized spacial score (nSPS) is 18.2. The molecule has 1 fully saturated rings. The van der Waals surface area contributed by atoms with Crippen LogP contribution in [0.25, 0.3) is 0 Å². The fourth-order valence-electron chi connectivity index (χ4n) is 6.33. The summed E-state index contributed by atoms with van der Waals surface area (Å²) in [5.41, 5.74) is 6.92. The van der Waals surface area contributed by atoms with Gasteiger partial charge in [-0.25, -0.2) is 9.55 Å². The monoisotopic (exact) mass is 822 g/mol. The SMILES string of the molecule is CC(=O)N1C[C@H](OCCCCc2ccccc2)C[C@H]1C(=O)N[C@@H](CC(C)C)C(=O)N[C@@H](Cc1cnc[nH]1)C(=O)N[C@@H](CO)C(=O)N[C@H](C(N)=O)[C@@H](C)OP(=O)(O)O. The molecule has 1 aliphatic heterocycles. The summed E-state index contributed by atoms with van der Waals surface area (Å²) in [4.78, 5) is 105. The minimum absolute atomic E-state index is 0.113. The van der Waals surface area contributed by atoms with Gasteiger partial charge in [0.15, 0.2) is 0 Å². The summed E-state index contributed by atoms with van der Waals surface area (Å²) in [6.07, 6.45) is 3.52. The molecule has 0 aliphatic carbocycles. The highest BCUT2D eigenvalue weighted by molar-refractivity contribution is 7.46. The second kappa shape index (κ2) is 22.3. The van der Waals surface area contributed by atoms with Crippen LogP contribution in [-0.4, -0.2) is 127 Å². The number of unbranched alkanes of at least 4 members (excludes halogenated alkanes) is 1. The minimum Gasteiger partial charge on any atom is -0.394 e. The number of ether oxygens (including phenoxy) is 1. The maximum absolute atomic E-state index is 13.9. The zero-order valence-electron chi connectivity index (χ0n) is 32.5. The number of carbonyl (C=O) groups excluding carboxylic acids is 6. The number of hydrogen-bond acceptors (Lipinski definition) is 11. The average molecular weight is 823 g/mol. The standard InChI is InChI=1S/C36H55N8O12P/c1-21(2)14-27(41-36(51)30-16-26(18-44(30)23(4)46)55-13-9-8-12-24-10-6-5-7-11-24)33(48)40-28(15-25-17-38-20-39-25)34(49)42-29(19-45)35(50)43-31(32(37)47)22(3)56-57(52,53)54/h5-7,10-11,17,20-22,26-31,45H,8-9,12-16,18-19H2,1-4H3,(H2,37,47)(H,38,39)(H,40,48)(H,41,51)(H,42,49)(H,43,50)(H2,52,53,54)/t22-,26-,27+,28+,29+,30+,31+/m1/s1. The van der Waals surface area contributed by atoms with E-state index in [2.05, 4.69) is 47.9 Å². The van der Waals surface area contributed by atoms with Crippen LogP contribution in [0.2, 0.25) is 0 Å². The van der Waals surface area contributed by atoms with Gasteiger partial charge in [0.25, 0.3) is 0 Å². The number of aromatic amines is 1. The van der Waals surface area contributed by atoms with Gasteiger partial charge in [0.1, 0.15) is 30.2 Å². The first-order chi connectivity index (χ1) is 26.9. The number of likely N-dealkylation sites (tertiary alicyclic amines) is 1. The van der Waals surface area contributed by atoms with Crippen molar-refractivity contribution in [1.82, 2.24) is 36.1 Å². The number of H-pyrrole nitrogens is 1. The Morgan fingerprint density at radius 3 is 2.19 bits per heavy atom. The molecule has 3 rings (SSSR count). The van der Waals surface area contributed by atoms with E-state index in [-0.39, 0.29) is 37.6 Å². The fourth-order valence-corrected chi connectivity index (χ4v) is 6.88. The summed E-state index contributed by atoms with van der Waals surface area (Å²) < 4.78 is 21.8. The summed E-state index contributed by atoms with van der Waals surface area (Å²) >= 11 is 0. The van der Waals surface area contributed by atoms with Gasteiger partial charge in [-0.05, 0) is 44.1 Å². The Morgan fingerprint density at radius 1 is 0.965 bits per heavy atom. The van der Waals surface area contributed by atoms with Crippen LogP contribution in [-0.2, 0) is 55.4 Å². The van der Waals surface area contributed by atoms with Crippen molar-refractivity contribution in [2.45, 2.75) is 109 Å². The van der Waals surface area contributed by atoms with Crippen molar-refractivity contribution in [2.75, 3.05) is 19.8 Å². The number of aliphatic hydroxyl groups is 1. The van der Waals surface area contributed by atoms with E-state index in [9.17, 15) is 38.4 Å². The highest BCUT2D eigenvalue weighted by Crippen LogP contribution is 2.38. The number of aliphatic hydroxyl groups excluding tert-OH is 1. The first kappa shape index (κ1) is 46.7. The molecule has 2 aromatic rings. The molecular formula is C36H55N8O12P. The Kier molecular flexibility index (Phi) is 18.2. The molecule has 21 heteroatoms. The van der Waals surface area contributed by atoms with Gasteiger partial charge in [-0.3, -0.25) is 33.3 Å². The summed E-state index contributed by atoms with van der Waals surface area (Å²) in [6.45, 7) is 5.73. The minimum atomic E-state index is -5.10. The molecule has 0 unspecified atom stereocenters. The summed E-state index contributed by atoms with van der Waals surface area (Å²) in [5.74, 6) is -5.12. The molecule has 0 radical (unpaired) electrons. The van der Waals surface area contributed by atoms with Crippen molar-refractivity contribution >= 4 is 43.3 Å². The Labute approximate surface area is 330 Å². The second-order valence-electron chi connectivity index (χ2n) is 14.3. The molecule has 6 amide bonds. The molecule has 1 aromatic heterocycles. The van der Waals surface area contributed by atoms with Crippen molar-refractivity contribution in [2.24, 2.45) is 11.7 Å². The molecule has 1 aromatic carbocycles. The maximum Gasteiger partial charge on any atom is 0.469 e. The van der Waals surface area contributed by atoms with Crippen LogP contribution in [0.3, 0.4) is 0 Å². The van der Waals surface area contributed by atoms with E-state index in [0.29, 0.717) is 12.3 Å². The molecule has 57 heavy (non-hydrogen) atoms. The van der Waals surface area contributed by atoms with E-state index in [0.717, 1.165) is 26.2 Å². The van der Waals surface area contributed by atoms with Gasteiger partial charge < -0.3 is 56.5 Å². The van der Waals surface area contributed by atoms with Crippen molar-refractivity contribution in [3.05, 3.63) is 54.1 Å². The van der Waals surface area contributed by atoms with Crippen LogP contribution >= 0.6 is 7.82 Å². The van der Waals surface area contributed by atoms with Crippen LogP contribution in [0.15, 0.2) is 42.9 Å². The van der Waals surface area contributed by atoms with E-state index in [1.165, 1.54) is 29.9 Å². The van der Waals surface area contributed by atoms with Gasteiger partial charge in [-0.2, -0.15) is 0 Å². The zero-order chi connectivity index (χ0) is 42.3. The van der Waals surface area contributed by atoms with Crippen LogP contribution in [0, 0.1) is 5.92 Å². The van der Waals surface area contributed by atoms with Gasteiger partial charge in [-0.1, -0.05) is 44.2 Å². The number of phosphoric ester groups is 1. The predicted molar refractivity (Wildman–Crippen MR) is 203 cm³/mol. The first-order valence-corrected chi connectivity index (χ1v) is 20.2. The molecule has 0 saturated carbocycles. The van der Waals surface area contributed by atoms with Gasteiger partial charge in [0, 0.05) is 44.8 Å². The highest BCUT2D eigenvalue weighted by atomic mass is 31.2. The molecule has 7 atom stereocenters. The third-order valence-corrected chi connectivity index (χ3v) is 9.78. The van der Waals surface area contributed by atoms with E-state index in [4.69, 9.17) is 20.3 Å². The number of rotatable bonds is 23. The number of carbonyl (C=O) groups is 6. The third kappa shape index (κ3) is 15.6. The lowest BCUT2D eigenvalue weighted by atomic mass is 10.0. The van der Waals surface area contributed by atoms with E-state index in [1.54, 1.807) is 0 Å². The number of nitrogens with one attached hydrogen (secondary N) is 5. The second-order valence-corrected chi connectivity index (χ2v) is 15.5. The Balaban J connectivity index is 1.69. The van der Waals surface area contributed by atoms with E-state index in [1.807, 2.05) is 32.0 Å². The van der Waals surface area contributed by atoms with Crippen molar-refractivity contribution < 1.29 is 57.5 Å². The summed E-state index contributed by atoms with van der Waals surface area (Å²) in [7, 11) is -5.10. The number of aryl methyl sites for hydroxylation is 1. The molecule has 0 spiro atoms. The quantitative estimate of drug-likeness (QED) is 0.0478. The number of amides is 6. The van der Waals surface area contributed by atoms with Crippen molar-refractivity contribution in [1.29, 1.82) is 0 Å². The lowest BCUT2D eigenvalue weighted by Crippen LogP contribution is -2.61. The smallest absolute Gasteiger partial charge is 0.394 e. The summed E-state index contributed by atoms with van der Waals surface area (Å²) in [6, 6.07) is 3.08. The average Bonchev–Trinajstić information content (AvgIpc) is 3.82. The number of aromatic nitrogens is 2. The van der Waals surface area contributed by atoms with Crippen LogP contribution in [0.1, 0.15) is 64.6 Å². The number of primary amides is 1. The van der Waals surface area contributed by atoms with Crippen LogP contribution in [0.5, 0.6) is 0 Å². The molecule has 1 aliphatic rings. The number of benzene rings is 1. The number of hydrogen-bond donors (Lipinski definition) is 9. The van der Waals surface area contributed by atoms with Crippen molar-refractivity contribution in [3.8, 4) is 0 Å². The maximum atomic E-state index is 13.9. The Bertz CT molecular complexity index is 1690.